The fraction of sp³-hybridized carbons (Fsp3) is 0.667. The minimum atomic E-state index is 0.0521. The van der Waals surface area contributed by atoms with Crippen LogP contribution >= 0.6 is 0 Å². The Morgan fingerprint density at radius 2 is 2.10 bits per heavy atom. The van der Waals surface area contributed by atoms with Gasteiger partial charge in [0.2, 0.25) is 0 Å². The van der Waals surface area contributed by atoms with Crippen molar-refractivity contribution in [2.45, 2.75) is 13.8 Å². The molecule has 0 atom stereocenters. The van der Waals surface area contributed by atoms with E-state index in [-0.39, 0.29) is 6.61 Å². The van der Waals surface area contributed by atoms with Crippen LogP contribution < -0.4 is 5.73 Å². The molecule has 3 N–H and O–H groups in total. The van der Waals surface area contributed by atoms with Crippen LogP contribution in [-0.4, -0.2) is 29.9 Å². The third kappa shape index (κ3) is 5.24. The Hall–Kier alpha value is -0.900. The molecule has 0 fully saturated rings. The van der Waals surface area contributed by atoms with Gasteiger partial charge in [-0.2, -0.15) is 0 Å². The minimum absolute atomic E-state index is 0.0521. The molecule has 0 saturated carbocycles. The van der Waals surface area contributed by atoms with E-state index in [1.807, 2.05) is 0 Å². The molecule has 0 aliphatic carbocycles. The monoisotopic (exact) mass is 143 g/mol. The molecule has 0 aromatic heterocycles. The zero-order chi connectivity index (χ0) is 7.98. The van der Waals surface area contributed by atoms with E-state index in [9.17, 15) is 0 Å². The van der Waals surface area contributed by atoms with Crippen LogP contribution in [0.25, 0.3) is 0 Å². The first-order valence-corrected chi connectivity index (χ1v) is 3.09. The Kier molecular flexibility index (Phi) is 4.49. The van der Waals surface area contributed by atoms with Crippen LogP contribution in [0.15, 0.2) is 9.98 Å². The van der Waals surface area contributed by atoms with Gasteiger partial charge in [-0.25, -0.2) is 4.99 Å². The van der Waals surface area contributed by atoms with Crippen molar-refractivity contribution in [3.63, 3.8) is 0 Å². The normalized spacial score (nSPS) is 13.9. The lowest BCUT2D eigenvalue weighted by atomic mass is 10.6. The van der Waals surface area contributed by atoms with Crippen molar-refractivity contribution in [2.24, 2.45) is 15.7 Å². The molecule has 10 heavy (non-hydrogen) atoms. The first kappa shape index (κ1) is 9.10. The van der Waals surface area contributed by atoms with Gasteiger partial charge in [-0.05, 0) is 13.8 Å². The highest BCUT2D eigenvalue weighted by Gasteiger charge is 1.84. The number of nitrogens with zero attached hydrogens (tertiary/aromatic N) is 2. The number of hydrogen-bond acceptors (Lipinski definition) is 2. The quantitative estimate of drug-likeness (QED) is 0.414. The van der Waals surface area contributed by atoms with E-state index in [1.165, 1.54) is 0 Å². The molecule has 0 aromatic carbocycles. The number of rotatable bonds is 2. The van der Waals surface area contributed by atoms with Gasteiger partial charge in [-0.1, -0.05) is 0 Å². The topological polar surface area (TPSA) is 71.0 Å². The minimum Gasteiger partial charge on any atom is -0.394 e. The van der Waals surface area contributed by atoms with Gasteiger partial charge in [0.05, 0.1) is 19.0 Å². The fourth-order valence-electron chi connectivity index (χ4n) is 0.502. The standard InChI is InChI=1S/C6H13N3O/c1-5(7)9-6(2)8-3-4-10/h10H,3-4H2,1-2H3,(H2,7,8,9). The summed E-state index contributed by atoms with van der Waals surface area (Å²) in [4.78, 5) is 7.73. The first-order valence-electron chi connectivity index (χ1n) is 3.09. The van der Waals surface area contributed by atoms with Gasteiger partial charge in [0, 0.05) is 0 Å². The van der Waals surface area contributed by atoms with Crippen LogP contribution in [0, 0.1) is 0 Å². The molecule has 0 aliphatic rings. The van der Waals surface area contributed by atoms with E-state index < -0.39 is 0 Å². The Morgan fingerprint density at radius 1 is 1.50 bits per heavy atom. The van der Waals surface area contributed by atoms with Crippen molar-refractivity contribution >= 4 is 11.7 Å². The third-order valence-corrected chi connectivity index (χ3v) is 0.779. The highest BCUT2D eigenvalue weighted by atomic mass is 16.3. The number of aliphatic imine (C=N–C) groups is 2. The molecular weight excluding hydrogens is 130 g/mol. The molecule has 4 nitrogen and oxygen atoms in total. The molecule has 0 bridgehead atoms. The third-order valence-electron chi connectivity index (χ3n) is 0.779. The SMILES string of the molecule is CC(N)=NC(C)=NCCO. The predicted molar refractivity (Wildman–Crippen MR) is 42.4 cm³/mol. The second-order valence-corrected chi connectivity index (χ2v) is 1.91. The van der Waals surface area contributed by atoms with Crippen LogP contribution in [0.1, 0.15) is 13.8 Å². The highest BCUT2D eigenvalue weighted by Crippen LogP contribution is 1.79. The zero-order valence-electron chi connectivity index (χ0n) is 6.33. The highest BCUT2D eigenvalue weighted by molar-refractivity contribution is 5.93. The van der Waals surface area contributed by atoms with Crippen LogP contribution in [0.2, 0.25) is 0 Å². The van der Waals surface area contributed by atoms with E-state index in [0.717, 1.165) is 0 Å². The lowest BCUT2D eigenvalue weighted by Gasteiger charge is -1.91. The average molecular weight is 143 g/mol. The van der Waals surface area contributed by atoms with E-state index in [1.54, 1.807) is 13.8 Å². The molecule has 0 radical (unpaired) electrons. The van der Waals surface area contributed by atoms with Gasteiger partial charge in [0.1, 0.15) is 5.84 Å². The van der Waals surface area contributed by atoms with E-state index in [2.05, 4.69) is 9.98 Å². The van der Waals surface area contributed by atoms with Crippen molar-refractivity contribution < 1.29 is 5.11 Å². The van der Waals surface area contributed by atoms with Gasteiger partial charge in [-0.15, -0.1) is 0 Å². The van der Waals surface area contributed by atoms with Crippen LogP contribution in [-0.2, 0) is 0 Å². The lowest BCUT2D eigenvalue weighted by molar-refractivity contribution is 0.307. The molecule has 0 unspecified atom stereocenters. The predicted octanol–water partition coefficient (Wildman–Crippen LogP) is -0.226. The van der Waals surface area contributed by atoms with Crippen LogP contribution in [0.3, 0.4) is 0 Å². The second-order valence-electron chi connectivity index (χ2n) is 1.91. The summed E-state index contributed by atoms with van der Waals surface area (Å²) < 4.78 is 0. The molecule has 0 amide bonds. The van der Waals surface area contributed by atoms with Crippen molar-refractivity contribution in [1.82, 2.24) is 0 Å². The summed E-state index contributed by atoms with van der Waals surface area (Å²) in [7, 11) is 0. The van der Waals surface area contributed by atoms with Gasteiger partial charge < -0.3 is 10.8 Å². The van der Waals surface area contributed by atoms with Crippen molar-refractivity contribution in [1.29, 1.82) is 0 Å². The molecule has 4 heteroatoms. The van der Waals surface area contributed by atoms with Crippen LogP contribution in [0.4, 0.5) is 0 Å². The van der Waals surface area contributed by atoms with Gasteiger partial charge in [0.25, 0.3) is 0 Å². The summed E-state index contributed by atoms with van der Waals surface area (Å²) in [6, 6.07) is 0. The van der Waals surface area contributed by atoms with E-state index >= 15 is 0 Å². The molecule has 58 valence electrons. The van der Waals surface area contributed by atoms with Crippen molar-refractivity contribution in [3.05, 3.63) is 0 Å². The molecule has 0 aromatic rings. The average Bonchev–Trinajstić information content (AvgIpc) is 1.82. The number of nitrogens with two attached hydrogens (primary N) is 1. The van der Waals surface area contributed by atoms with E-state index in [4.69, 9.17) is 10.8 Å². The fourth-order valence-corrected chi connectivity index (χ4v) is 0.502. The summed E-state index contributed by atoms with van der Waals surface area (Å²) in [5.41, 5.74) is 5.27. The Balaban J connectivity index is 3.82. The first-order chi connectivity index (χ1) is 4.66. The number of aliphatic hydroxyl groups excluding tert-OH is 1. The van der Waals surface area contributed by atoms with Gasteiger partial charge >= 0.3 is 0 Å². The molecule has 0 saturated heterocycles. The largest absolute Gasteiger partial charge is 0.394 e. The molecule has 0 heterocycles. The maximum Gasteiger partial charge on any atom is 0.122 e. The molecule has 0 rings (SSSR count). The number of aliphatic hydroxyl groups is 1. The van der Waals surface area contributed by atoms with Crippen molar-refractivity contribution in [3.8, 4) is 0 Å². The molecule has 0 aliphatic heterocycles. The smallest absolute Gasteiger partial charge is 0.122 e. The van der Waals surface area contributed by atoms with Crippen LogP contribution in [0.5, 0.6) is 0 Å². The number of amidine groups is 2. The zero-order valence-corrected chi connectivity index (χ0v) is 6.33. The molecule has 0 spiro atoms. The lowest BCUT2D eigenvalue weighted by Crippen LogP contribution is -2.08. The summed E-state index contributed by atoms with van der Waals surface area (Å²) in [5.74, 6) is 1.09. The van der Waals surface area contributed by atoms with E-state index in [0.29, 0.717) is 18.2 Å². The maximum absolute atomic E-state index is 8.36. The Morgan fingerprint density at radius 3 is 2.50 bits per heavy atom. The Labute approximate surface area is 60.5 Å². The summed E-state index contributed by atoms with van der Waals surface area (Å²) in [6.45, 7) is 3.88. The summed E-state index contributed by atoms with van der Waals surface area (Å²) >= 11 is 0. The second kappa shape index (κ2) is 4.93. The van der Waals surface area contributed by atoms with Crippen molar-refractivity contribution in [2.75, 3.05) is 13.2 Å². The molecular formula is C6H13N3O. The maximum atomic E-state index is 8.36. The summed E-state index contributed by atoms with van der Waals surface area (Å²) in [5, 5.41) is 8.36. The summed E-state index contributed by atoms with van der Waals surface area (Å²) in [6.07, 6.45) is 0. The number of hydrogen-bond donors (Lipinski definition) is 2. The Bertz CT molecular complexity index is 147. The van der Waals surface area contributed by atoms with Gasteiger partial charge in [0.15, 0.2) is 0 Å². The van der Waals surface area contributed by atoms with Gasteiger partial charge in [-0.3, -0.25) is 4.99 Å².